The van der Waals surface area contributed by atoms with Gasteiger partial charge in [-0.15, -0.1) is 0 Å². The van der Waals surface area contributed by atoms with Crippen LogP contribution < -0.4 is 5.32 Å². The van der Waals surface area contributed by atoms with E-state index in [0.717, 1.165) is 0 Å². The Morgan fingerprint density at radius 2 is 2.42 bits per heavy atom. The van der Waals surface area contributed by atoms with E-state index >= 15 is 0 Å². The van der Waals surface area contributed by atoms with E-state index in [2.05, 4.69) is 5.32 Å². The lowest BCUT2D eigenvalue weighted by molar-refractivity contribution is -0.415. The van der Waals surface area contributed by atoms with Gasteiger partial charge in [0, 0.05) is 6.54 Å². The largest absolute Gasteiger partial charge is 0.395 e. The number of aliphatic hydroxyl groups excluding tert-OH is 1. The molecule has 68 valence electrons. The first-order valence-corrected chi connectivity index (χ1v) is 3.34. The molecule has 0 fully saturated rings. The SMILES string of the molecule is C/C(NCCO)=C(/C=N)[N+](=O)[O-]. The minimum atomic E-state index is -0.646. The Morgan fingerprint density at radius 1 is 1.83 bits per heavy atom. The van der Waals surface area contributed by atoms with E-state index in [9.17, 15) is 10.1 Å². The molecule has 0 amide bonds. The second-order valence-corrected chi connectivity index (χ2v) is 2.06. The van der Waals surface area contributed by atoms with Gasteiger partial charge >= 0.3 is 5.70 Å². The molecule has 0 saturated heterocycles. The van der Waals surface area contributed by atoms with Crippen molar-refractivity contribution >= 4 is 6.21 Å². The van der Waals surface area contributed by atoms with Gasteiger partial charge in [0.05, 0.1) is 23.4 Å². The molecule has 0 spiro atoms. The molecule has 0 heterocycles. The van der Waals surface area contributed by atoms with Crippen LogP contribution in [0.1, 0.15) is 6.92 Å². The molecule has 6 nitrogen and oxygen atoms in total. The molecule has 0 aliphatic carbocycles. The van der Waals surface area contributed by atoms with Crippen LogP contribution in [0.4, 0.5) is 0 Å². The molecule has 12 heavy (non-hydrogen) atoms. The van der Waals surface area contributed by atoms with E-state index < -0.39 is 4.92 Å². The molecule has 0 aliphatic rings. The fraction of sp³-hybridized carbons (Fsp3) is 0.500. The van der Waals surface area contributed by atoms with E-state index in [0.29, 0.717) is 6.21 Å². The third-order valence-corrected chi connectivity index (χ3v) is 1.22. The number of hydrogen-bond donors (Lipinski definition) is 3. The molecule has 0 aromatic carbocycles. The highest BCUT2D eigenvalue weighted by molar-refractivity contribution is 5.73. The number of nitrogens with zero attached hydrogens (tertiary/aromatic N) is 1. The lowest BCUT2D eigenvalue weighted by atomic mass is 10.3. The van der Waals surface area contributed by atoms with Crippen LogP contribution in [0.5, 0.6) is 0 Å². The number of hydrogen-bond acceptors (Lipinski definition) is 5. The minimum Gasteiger partial charge on any atom is -0.395 e. The van der Waals surface area contributed by atoms with Crippen molar-refractivity contribution in [1.29, 1.82) is 5.41 Å². The van der Waals surface area contributed by atoms with Crippen LogP contribution in [-0.4, -0.2) is 29.4 Å². The van der Waals surface area contributed by atoms with Gasteiger partial charge in [-0.3, -0.25) is 10.1 Å². The Morgan fingerprint density at radius 3 is 2.75 bits per heavy atom. The van der Waals surface area contributed by atoms with Crippen molar-refractivity contribution in [3.63, 3.8) is 0 Å². The lowest BCUT2D eigenvalue weighted by Crippen LogP contribution is -2.20. The summed E-state index contributed by atoms with van der Waals surface area (Å²) >= 11 is 0. The summed E-state index contributed by atoms with van der Waals surface area (Å²) in [5.41, 5.74) is -0.00694. The second-order valence-electron chi connectivity index (χ2n) is 2.06. The van der Waals surface area contributed by atoms with Gasteiger partial charge in [0.2, 0.25) is 0 Å². The number of allylic oxidation sites excluding steroid dienone is 2. The van der Waals surface area contributed by atoms with Crippen molar-refractivity contribution in [2.75, 3.05) is 13.2 Å². The molecule has 0 bridgehead atoms. The van der Waals surface area contributed by atoms with E-state index in [-0.39, 0.29) is 24.5 Å². The lowest BCUT2D eigenvalue weighted by Gasteiger charge is -2.02. The highest BCUT2D eigenvalue weighted by Crippen LogP contribution is 1.97. The van der Waals surface area contributed by atoms with Gasteiger partial charge < -0.3 is 15.8 Å². The van der Waals surface area contributed by atoms with Crippen molar-refractivity contribution in [1.82, 2.24) is 5.32 Å². The van der Waals surface area contributed by atoms with E-state index in [1.165, 1.54) is 6.92 Å². The monoisotopic (exact) mass is 173 g/mol. The fourth-order valence-electron chi connectivity index (χ4n) is 0.632. The van der Waals surface area contributed by atoms with Gasteiger partial charge in [0.1, 0.15) is 0 Å². The number of aliphatic hydroxyl groups is 1. The smallest absolute Gasteiger partial charge is 0.305 e. The van der Waals surface area contributed by atoms with Crippen LogP contribution in [0.2, 0.25) is 0 Å². The van der Waals surface area contributed by atoms with Crippen molar-refractivity contribution in [3.05, 3.63) is 21.5 Å². The summed E-state index contributed by atoms with van der Waals surface area (Å²) in [4.78, 5) is 9.58. The van der Waals surface area contributed by atoms with Crippen LogP contribution in [-0.2, 0) is 0 Å². The maximum absolute atomic E-state index is 10.2. The number of rotatable bonds is 5. The Balaban J connectivity index is 4.38. The number of nitro groups is 1. The summed E-state index contributed by atoms with van der Waals surface area (Å²) in [6.07, 6.45) is 0.666. The first-order valence-electron chi connectivity index (χ1n) is 3.34. The van der Waals surface area contributed by atoms with Gasteiger partial charge in [0.15, 0.2) is 0 Å². The molecule has 0 aromatic heterocycles. The zero-order chi connectivity index (χ0) is 9.56. The number of nitrogens with one attached hydrogen (secondary N) is 2. The summed E-state index contributed by atoms with van der Waals surface area (Å²) < 4.78 is 0. The van der Waals surface area contributed by atoms with Gasteiger partial charge in [-0.05, 0) is 6.92 Å². The Hall–Kier alpha value is -1.43. The first-order chi connectivity index (χ1) is 5.63. The Labute approximate surface area is 69.6 Å². The Bertz CT molecular complexity index is 212. The van der Waals surface area contributed by atoms with Crippen LogP contribution in [0.15, 0.2) is 11.4 Å². The highest BCUT2D eigenvalue weighted by atomic mass is 16.6. The topological polar surface area (TPSA) is 99.2 Å². The molecule has 0 saturated carbocycles. The first kappa shape index (κ1) is 10.6. The average Bonchev–Trinajstić information content (AvgIpc) is 2.01. The molecule has 0 aliphatic heterocycles. The summed E-state index contributed by atoms with van der Waals surface area (Å²) in [6.45, 7) is 1.64. The van der Waals surface area contributed by atoms with Gasteiger partial charge in [-0.2, -0.15) is 0 Å². The third-order valence-electron chi connectivity index (χ3n) is 1.22. The van der Waals surface area contributed by atoms with Crippen molar-refractivity contribution in [2.45, 2.75) is 6.92 Å². The van der Waals surface area contributed by atoms with Crippen LogP contribution >= 0.6 is 0 Å². The summed E-state index contributed by atoms with van der Waals surface area (Å²) in [7, 11) is 0. The van der Waals surface area contributed by atoms with E-state index in [1.807, 2.05) is 0 Å². The maximum Gasteiger partial charge on any atom is 0.305 e. The normalized spacial score (nSPS) is 11.8. The molecular formula is C6H11N3O3. The zero-order valence-corrected chi connectivity index (χ0v) is 6.70. The molecule has 0 radical (unpaired) electrons. The van der Waals surface area contributed by atoms with E-state index in [1.54, 1.807) is 0 Å². The highest BCUT2D eigenvalue weighted by Gasteiger charge is 2.10. The van der Waals surface area contributed by atoms with Crippen LogP contribution in [0.25, 0.3) is 0 Å². The molecule has 3 N–H and O–H groups in total. The van der Waals surface area contributed by atoms with Crippen LogP contribution in [0.3, 0.4) is 0 Å². The second kappa shape index (κ2) is 5.25. The van der Waals surface area contributed by atoms with Gasteiger partial charge in [-0.1, -0.05) is 0 Å². The molecular weight excluding hydrogens is 162 g/mol. The molecule has 0 rings (SSSR count). The third kappa shape index (κ3) is 3.11. The predicted octanol–water partition coefficient (Wildman–Crippen LogP) is -0.274. The maximum atomic E-state index is 10.2. The molecule has 0 aromatic rings. The standard InChI is InChI=1S/C6H11N3O3/c1-5(8-2-3-10)6(4-7)9(11)12/h4,7-8,10H,2-3H2,1H3/b6-5+,7-4?. The van der Waals surface area contributed by atoms with Gasteiger partial charge in [-0.25, -0.2) is 0 Å². The molecule has 0 unspecified atom stereocenters. The van der Waals surface area contributed by atoms with Crippen molar-refractivity contribution in [2.24, 2.45) is 0 Å². The molecule has 6 heteroatoms. The average molecular weight is 173 g/mol. The fourth-order valence-corrected chi connectivity index (χ4v) is 0.632. The van der Waals surface area contributed by atoms with Crippen LogP contribution in [0, 0.1) is 15.5 Å². The van der Waals surface area contributed by atoms with Crippen molar-refractivity contribution in [3.8, 4) is 0 Å². The Kier molecular flexibility index (Phi) is 4.62. The van der Waals surface area contributed by atoms with Gasteiger partial charge in [0.25, 0.3) is 0 Å². The van der Waals surface area contributed by atoms with Crippen molar-refractivity contribution < 1.29 is 10.0 Å². The predicted molar refractivity (Wildman–Crippen MR) is 43.6 cm³/mol. The van der Waals surface area contributed by atoms with E-state index in [4.69, 9.17) is 10.5 Å². The summed E-state index contributed by atoms with van der Waals surface area (Å²) in [6, 6.07) is 0. The summed E-state index contributed by atoms with van der Waals surface area (Å²) in [5.74, 6) is 0. The zero-order valence-electron chi connectivity index (χ0n) is 6.70. The molecule has 0 atom stereocenters. The summed E-state index contributed by atoms with van der Waals surface area (Å²) in [5, 5.41) is 28.0. The quantitative estimate of drug-likeness (QED) is 0.302. The minimum absolute atomic E-state index is 0.0969.